The van der Waals surface area contributed by atoms with Crippen LogP contribution in [-0.4, -0.2) is 22.4 Å². The number of thioether (sulfide) groups is 1. The van der Waals surface area contributed by atoms with Gasteiger partial charge in [-0.2, -0.15) is 13.2 Å². The van der Waals surface area contributed by atoms with Crippen LogP contribution in [0.4, 0.5) is 18.9 Å². The maximum absolute atomic E-state index is 12.7. The molecule has 0 amide bonds. The largest absolute Gasteiger partial charge is 0.481 e. The van der Waals surface area contributed by atoms with E-state index in [0.29, 0.717) is 34.0 Å². The number of hydrogen-bond acceptors (Lipinski definition) is 5. The van der Waals surface area contributed by atoms with Crippen molar-refractivity contribution in [1.82, 2.24) is 4.98 Å². The van der Waals surface area contributed by atoms with Crippen molar-refractivity contribution in [3.8, 4) is 11.5 Å². The predicted molar refractivity (Wildman–Crippen MR) is 111 cm³/mol. The molecule has 6 nitrogen and oxygen atoms in total. The maximum Gasteiger partial charge on any atom is 0.416 e. The number of aliphatic carboxylic acids is 1. The lowest BCUT2D eigenvalue weighted by Crippen LogP contribution is -2.03. The Morgan fingerprint density at radius 3 is 2.58 bits per heavy atom. The van der Waals surface area contributed by atoms with Crippen molar-refractivity contribution in [3.05, 3.63) is 65.0 Å². The molecule has 0 aliphatic rings. The molecule has 2 aromatic carbocycles. The zero-order valence-corrected chi connectivity index (χ0v) is 17.1. The minimum atomic E-state index is -4.41. The van der Waals surface area contributed by atoms with Crippen LogP contribution in [0.15, 0.2) is 56.8 Å². The van der Waals surface area contributed by atoms with Crippen molar-refractivity contribution >= 4 is 29.8 Å². The second-order valence-corrected chi connectivity index (χ2v) is 7.62. The van der Waals surface area contributed by atoms with Crippen molar-refractivity contribution in [2.75, 3.05) is 0 Å². The minimum absolute atomic E-state index is 0.152. The van der Waals surface area contributed by atoms with E-state index in [2.05, 4.69) is 9.98 Å². The molecule has 0 atom stereocenters. The van der Waals surface area contributed by atoms with Gasteiger partial charge >= 0.3 is 12.1 Å². The van der Waals surface area contributed by atoms with Gasteiger partial charge in [0.1, 0.15) is 5.76 Å². The molecule has 0 saturated heterocycles. The summed E-state index contributed by atoms with van der Waals surface area (Å²) in [6.07, 6.45) is -3.43. The van der Waals surface area contributed by atoms with Crippen molar-refractivity contribution in [1.29, 1.82) is 0 Å². The molecule has 0 unspecified atom stereocenters. The third-order valence-corrected chi connectivity index (χ3v) is 5.23. The summed E-state index contributed by atoms with van der Waals surface area (Å²) in [5, 5.41) is 9.04. The van der Waals surface area contributed by atoms with Gasteiger partial charge in [-0.3, -0.25) is 4.79 Å². The van der Waals surface area contributed by atoms with Gasteiger partial charge in [-0.1, -0.05) is 0 Å². The first-order valence-electron chi connectivity index (χ1n) is 9.02. The SMILES string of the molecule is Cc1nc(-c2ccc(C(F)(F)F)cc2)oc1CSc1cc(CC(=O)O)cc(N=CN)c1. The molecule has 0 radical (unpaired) electrons. The number of aromatic nitrogens is 1. The normalized spacial score (nSPS) is 11.9. The van der Waals surface area contributed by atoms with E-state index < -0.39 is 17.7 Å². The van der Waals surface area contributed by atoms with Gasteiger partial charge < -0.3 is 15.3 Å². The van der Waals surface area contributed by atoms with Crippen LogP contribution in [0.5, 0.6) is 0 Å². The van der Waals surface area contributed by atoms with Crippen LogP contribution < -0.4 is 5.73 Å². The molecule has 0 bridgehead atoms. The van der Waals surface area contributed by atoms with Crippen LogP contribution in [0.25, 0.3) is 11.5 Å². The van der Waals surface area contributed by atoms with Crippen molar-refractivity contribution in [2.45, 2.75) is 30.2 Å². The number of carboxylic acids is 1. The average molecular weight is 449 g/mol. The number of oxazole rings is 1. The summed E-state index contributed by atoms with van der Waals surface area (Å²) in [4.78, 5) is 20.1. The molecular formula is C21H18F3N3O3S. The van der Waals surface area contributed by atoms with E-state index >= 15 is 0 Å². The second-order valence-electron chi connectivity index (χ2n) is 6.58. The van der Waals surface area contributed by atoms with E-state index in [9.17, 15) is 18.0 Å². The molecule has 1 heterocycles. The average Bonchev–Trinajstić information content (AvgIpc) is 3.06. The fourth-order valence-corrected chi connectivity index (χ4v) is 3.80. The number of carboxylic acid groups (broad SMARTS) is 1. The Morgan fingerprint density at radius 1 is 1.26 bits per heavy atom. The number of aryl methyl sites for hydroxylation is 1. The minimum Gasteiger partial charge on any atom is -0.481 e. The highest BCUT2D eigenvalue weighted by atomic mass is 32.2. The zero-order chi connectivity index (χ0) is 22.6. The molecule has 10 heteroatoms. The Bertz CT molecular complexity index is 1110. The molecule has 0 spiro atoms. The summed E-state index contributed by atoms with van der Waals surface area (Å²) >= 11 is 1.39. The smallest absolute Gasteiger partial charge is 0.416 e. The van der Waals surface area contributed by atoms with Crippen LogP contribution >= 0.6 is 11.8 Å². The molecule has 1 aromatic heterocycles. The monoisotopic (exact) mass is 449 g/mol. The molecule has 3 rings (SSSR count). The van der Waals surface area contributed by atoms with Crippen LogP contribution in [0, 0.1) is 6.92 Å². The lowest BCUT2D eigenvalue weighted by atomic mass is 10.1. The number of rotatable bonds is 7. The summed E-state index contributed by atoms with van der Waals surface area (Å²) in [6.45, 7) is 1.75. The first-order chi connectivity index (χ1) is 14.7. The fraction of sp³-hybridized carbons (Fsp3) is 0.190. The summed E-state index contributed by atoms with van der Waals surface area (Å²) in [5.74, 6) is 0.223. The number of nitrogens with two attached hydrogens (primary N) is 1. The topological polar surface area (TPSA) is 102 Å². The van der Waals surface area contributed by atoms with Crippen molar-refractivity contribution < 1.29 is 27.5 Å². The number of carbonyl (C=O) groups is 1. The van der Waals surface area contributed by atoms with Gasteiger partial charge in [-0.25, -0.2) is 9.98 Å². The number of halogens is 3. The van der Waals surface area contributed by atoms with E-state index in [4.69, 9.17) is 15.3 Å². The number of aliphatic imine (C=N–C) groups is 1. The summed E-state index contributed by atoms with van der Waals surface area (Å²) in [6, 6.07) is 9.76. The Hall–Kier alpha value is -3.27. The number of alkyl halides is 3. The van der Waals surface area contributed by atoms with E-state index in [0.717, 1.165) is 23.4 Å². The first kappa shape index (κ1) is 22.4. The van der Waals surface area contributed by atoms with Gasteiger partial charge in [-0.15, -0.1) is 11.8 Å². The molecule has 0 aliphatic carbocycles. The fourth-order valence-electron chi connectivity index (χ4n) is 2.80. The molecular weight excluding hydrogens is 431 g/mol. The third-order valence-electron chi connectivity index (χ3n) is 4.25. The zero-order valence-electron chi connectivity index (χ0n) is 16.3. The predicted octanol–water partition coefficient (Wildman–Crippen LogP) is 5.21. The molecule has 31 heavy (non-hydrogen) atoms. The van der Waals surface area contributed by atoms with Gasteiger partial charge in [0.15, 0.2) is 0 Å². The Labute approximate surface area is 180 Å². The first-order valence-corrected chi connectivity index (χ1v) is 10.0. The van der Waals surface area contributed by atoms with Gasteiger partial charge in [0.2, 0.25) is 5.89 Å². The number of hydrogen-bond donors (Lipinski definition) is 2. The maximum atomic E-state index is 12.7. The molecule has 0 saturated carbocycles. The molecule has 3 aromatic rings. The quantitative estimate of drug-likeness (QED) is 0.292. The molecule has 3 N–H and O–H groups in total. The number of benzene rings is 2. The molecule has 0 aliphatic heterocycles. The highest BCUT2D eigenvalue weighted by Crippen LogP contribution is 2.33. The van der Waals surface area contributed by atoms with Crippen LogP contribution in [-0.2, 0) is 23.1 Å². The van der Waals surface area contributed by atoms with E-state index in [1.165, 1.54) is 23.9 Å². The highest BCUT2D eigenvalue weighted by molar-refractivity contribution is 7.98. The van der Waals surface area contributed by atoms with Crippen molar-refractivity contribution in [3.63, 3.8) is 0 Å². The third kappa shape index (κ3) is 5.88. The molecule has 0 fully saturated rings. The van der Waals surface area contributed by atoms with Gasteiger partial charge in [0.25, 0.3) is 0 Å². The lowest BCUT2D eigenvalue weighted by Gasteiger charge is -2.06. The van der Waals surface area contributed by atoms with E-state index in [1.54, 1.807) is 25.1 Å². The van der Waals surface area contributed by atoms with Gasteiger partial charge in [-0.05, 0) is 55.0 Å². The summed E-state index contributed by atoms with van der Waals surface area (Å²) < 4.78 is 44.0. The summed E-state index contributed by atoms with van der Waals surface area (Å²) in [7, 11) is 0. The standard InChI is InChI=1S/C21H18F3N3O3S/c1-12-18(30-20(27-12)14-2-4-15(5-3-14)21(22,23)24)10-31-17-7-13(8-19(28)29)6-16(9-17)26-11-25/h2-7,9,11H,8,10H2,1H3,(H2,25,26)(H,28,29). The van der Waals surface area contributed by atoms with E-state index in [-0.39, 0.29) is 12.3 Å². The summed E-state index contributed by atoms with van der Waals surface area (Å²) in [5.41, 5.74) is 6.76. The number of nitrogens with zero attached hydrogens (tertiary/aromatic N) is 2. The molecule has 162 valence electrons. The Kier molecular flexibility index (Phi) is 6.69. The van der Waals surface area contributed by atoms with Gasteiger partial charge in [0.05, 0.1) is 35.5 Å². The van der Waals surface area contributed by atoms with Gasteiger partial charge in [0, 0.05) is 10.5 Å². The second kappa shape index (κ2) is 9.25. The lowest BCUT2D eigenvalue weighted by molar-refractivity contribution is -0.138. The van der Waals surface area contributed by atoms with Crippen LogP contribution in [0.1, 0.15) is 22.6 Å². The Morgan fingerprint density at radius 2 is 1.97 bits per heavy atom. The highest BCUT2D eigenvalue weighted by Gasteiger charge is 2.30. The van der Waals surface area contributed by atoms with Crippen molar-refractivity contribution in [2.24, 2.45) is 10.7 Å². The van der Waals surface area contributed by atoms with E-state index in [1.807, 2.05) is 0 Å². The Balaban J connectivity index is 1.78. The van der Waals surface area contributed by atoms with Crippen LogP contribution in [0.3, 0.4) is 0 Å². The van der Waals surface area contributed by atoms with Crippen LogP contribution in [0.2, 0.25) is 0 Å².